The Labute approximate surface area is 91.2 Å². The zero-order valence-corrected chi connectivity index (χ0v) is 9.80. The van der Waals surface area contributed by atoms with Gasteiger partial charge in [-0.2, -0.15) is 0 Å². The van der Waals surface area contributed by atoms with Crippen molar-refractivity contribution in [2.75, 3.05) is 33.7 Å². The lowest BCUT2D eigenvalue weighted by atomic mass is 10.3. The van der Waals surface area contributed by atoms with Crippen LogP contribution >= 0.6 is 0 Å². The number of carbonyl (C=O) groups excluding carboxylic acids is 2. The summed E-state index contributed by atoms with van der Waals surface area (Å²) in [4.78, 5) is 23.8. The largest absolute Gasteiger partial charge is 0.356 e. The molecule has 0 aliphatic heterocycles. The van der Waals surface area contributed by atoms with Crippen LogP contribution in [0.2, 0.25) is 0 Å². The maximum Gasteiger partial charge on any atom is 0.236 e. The second-order valence-corrected chi connectivity index (χ2v) is 3.56. The fraction of sp³-hybridized carbons (Fsp3) is 0.800. The van der Waals surface area contributed by atoms with E-state index in [9.17, 15) is 9.59 Å². The van der Waals surface area contributed by atoms with Gasteiger partial charge in [0.25, 0.3) is 0 Å². The van der Waals surface area contributed by atoms with Crippen molar-refractivity contribution < 1.29 is 9.59 Å². The van der Waals surface area contributed by atoms with Crippen molar-refractivity contribution in [1.82, 2.24) is 15.5 Å². The van der Waals surface area contributed by atoms with Crippen LogP contribution < -0.4 is 10.6 Å². The first-order chi connectivity index (χ1) is 7.07. The van der Waals surface area contributed by atoms with E-state index in [0.29, 0.717) is 13.0 Å². The molecule has 0 rings (SSSR count). The van der Waals surface area contributed by atoms with E-state index in [1.165, 1.54) is 4.90 Å². The Balaban J connectivity index is 3.38. The molecule has 0 bridgehead atoms. The molecule has 0 aromatic rings. The highest BCUT2D eigenvalue weighted by atomic mass is 16.2. The summed E-state index contributed by atoms with van der Waals surface area (Å²) in [6.45, 7) is 3.55. The monoisotopic (exact) mass is 215 g/mol. The van der Waals surface area contributed by atoms with Gasteiger partial charge in [-0.25, -0.2) is 0 Å². The number of amides is 2. The van der Waals surface area contributed by atoms with Gasteiger partial charge in [0, 0.05) is 33.6 Å². The fourth-order valence-corrected chi connectivity index (χ4v) is 0.908. The van der Waals surface area contributed by atoms with Gasteiger partial charge in [-0.05, 0) is 6.42 Å². The third-order valence-corrected chi connectivity index (χ3v) is 1.88. The van der Waals surface area contributed by atoms with E-state index in [1.54, 1.807) is 14.1 Å². The average Bonchev–Trinajstić information content (AvgIpc) is 2.20. The van der Waals surface area contributed by atoms with E-state index in [4.69, 9.17) is 0 Å². The van der Waals surface area contributed by atoms with Crippen LogP contribution in [0.5, 0.6) is 0 Å². The minimum atomic E-state index is 0.0176. The van der Waals surface area contributed by atoms with Crippen molar-refractivity contribution in [3.05, 3.63) is 0 Å². The summed E-state index contributed by atoms with van der Waals surface area (Å²) in [5.41, 5.74) is 0. The average molecular weight is 215 g/mol. The lowest BCUT2D eigenvalue weighted by molar-refractivity contribution is -0.128. The summed E-state index contributed by atoms with van der Waals surface area (Å²) in [5.74, 6) is 0.0469. The number of hydrogen-bond acceptors (Lipinski definition) is 3. The molecule has 0 aromatic heterocycles. The zero-order valence-electron chi connectivity index (χ0n) is 9.80. The predicted molar refractivity (Wildman–Crippen MR) is 59.5 cm³/mol. The summed E-state index contributed by atoms with van der Waals surface area (Å²) in [6.07, 6.45) is 1.36. The van der Waals surface area contributed by atoms with Crippen LogP contribution in [0.25, 0.3) is 0 Å². The molecule has 88 valence electrons. The molecule has 15 heavy (non-hydrogen) atoms. The molecule has 0 heterocycles. The highest BCUT2D eigenvalue weighted by Crippen LogP contribution is 1.80. The highest BCUT2D eigenvalue weighted by molar-refractivity contribution is 5.78. The third-order valence-electron chi connectivity index (χ3n) is 1.88. The topological polar surface area (TPSA) is 61.4 Å². The zero-order chi connectivity index (χ0) is 11.7. The molecular weight excluding hydrogens is 194 g/mol. The van der Waals surface area contributed by atoms with E-state index in [-0.39, 0.29) is 18.4 Å². The smallest absolute Gasteiger partial charge is 0.236 e. The summed E-state index contributed by atoms with van der Waals surface area (Å²) < 4.78 is 0. The van der Waals surface area contributed by atoms with Crippen molar-refractivity contribution in [2.24, 2.45) is 0 Å². The summed E-state index contributed by atoms with van der Waals surface area (Å²) in [7, 11) is 3.41. The molecule has 5 nitrogen and oxygen atoms in total. The number of likely N-dealkylation sites (N-methyl/N-ethyl adjacent to an activating group) is 1. The molecule has 2 N–H and O–H groups in total. The van der Waals surface area contributed by atoms with Crippen LogP contribution in [-0.4, -0.2) is 50.4 Å². The van der Waals surface area contributed by atoms with E-state index in [0.717, 1.165) is 13.0 Å². The van der Waals surface area contributed by atoms with Gasteiger partial charge in [-0.3, -0.25) is 9.59 Å². The molecule has 0 fully saturated rings. The van der Waals surface area contributed by atoms with Crippen LogP contribution in [-0.2, 0) is 9.59 Å². The Hall–Kier alpha value is -1.10. The molecule has 0 spiro atoms. The number of carbonyl (C=O) groups is 2. The standard InChI is InChI=1S/C10H21N3O2/c1-4-6-12-9(14)5-7-11-8-10(15)13(2)3/h11H,4-8H2,1-3H3,(H,12,14). The second-order valence-electron chi connectivity index (χ2n) is 3.56. The van der Waals surface area contributed by atoms with Gasteiger partial charge in [0.2, 0.25) is 11.8 Å². The lowest BCUT2D eigenvalue weighted by Gasteiger charge is -2.10. The molecule has 0 unspecified atom stereocenters. The van der Waals surface area contributed by atoms with Crippen LogP contribution in [0.4, 0.5) is 0 Å². The normalized spacial score (nSPS) is 9.80. The molecule has 0 radical (unpaired) electrons. The predicted octanol–water partition coefficient (Wildman–Crippen LogP) is -0.419. The maximum atomic E-state index is 11.1. The number of hydrogen-bond donors (Lipinski definition) is 2. The van der Waals surface area contributed by atoms with Gasteiger partial charge in [-0.15, -0.1) is 0 Å². The lowest BCUT2D eigenvalue weighted by Crippen LogP contribution is -2.35. The highest BCUT2D eigenvalue weighted by Gasteiger charge is 2.03. The van der Waals surface area contributed by atoms with Crippen molar-refractivity contribution >= 4 is 11.8 Å². The molecule has 0 aliphatic carbocycles. The molecule has 2 amide bonds. The van der Waals surface area contributed by atoms with Crippen molar-refractivity contribution in [2.45, 2.75) is 19.8 Å². The number of nitrogens with zero attached hydrogens (tertiary/aromatic N) is 1. The SMILES string of the molecule is CCCNC(=O)CCNCC(=O)N(C)C. The first kappa shape index (κ1) is 13.9. The van der Waals surface area contributed by atoms with E-state index >= 15 is 0 Å². The number of rotatable bonds is 7. The van der Waals surface area contributed by atoms with Gasteiger partial charge >= 0.3 is 0 Å². The Morgan fingerprint density at radius 1 is 1.20 bits per heavy atom. The quantitative estimate of drug-likeness (QED) is 0.567. The molecule has 0 saturated carbocycles. The first-order valence-electron chi connectivity index (χ1n) is 5.25. The van der Waals surface area contributed by atoms with E-state index in [1.807, 2.05) is 6.92 Å². The minimum absolute atomic E-state index is 0.0176. The minimum Gasteiger partial charge on any atom is -0.356 e. The summed E-state index contributed by atoms with van der Waals surface area (Å²) >= 11 is 0. The van der Waals surface area contributed by atoms with Crippen LogP contribution in [0.15, 0.2) is 0 Å². The van der Waals surface area contributed by atoms with Gasteiger partial charge in [-0.1, -0.05) is 6.92 Å². The van der Waals surface area contributed by atoms with E-state index in [2.05, 4.69) is 10.6 Å². The van der Waals surface area contributed by atoms with Crippen molar-refractivity contribution in [3.8, 4) is 0 Å². The van der Waals surface area contributed by atoms with Crippen molar-refractivity contribution in [3.63, 3.8) is 0 Å². The number of nitrogens with one attached hydrogen (secondary N) is 2. The van der Waals surface area contributed by atoms with Crippen LogP contribution in [0.3, 0.4) is 0 Å². The third kappa shape index (κ3) is 7.93. The van der Waals surface area contributed by atoms with Gasteiger partial charge in [0.05, 0.1) is 6.54 Å². The van der Waals surface area contributed by atoms with Crippen LogP contribution in [0.1, 0.15) is 19.8 Å². The Bertz CT molecular complexity index is 205. The molecule has 0 saturated heterocycles. The molecule has 5 heteroatoms. The second kappa shape index (κ2) is 8.23. The fourth-order valence-electron chi connectivity index (χ4n) is 0.908. The first-order valence-corrected chi connectivity index (χ1v) is 5.25. The van der Waals surface area contributed by atoms with Crippen LogP contribution in [0, 0.1) is 0 Å². The molecule has 0 atom stereocenters. The van der Waals surface area contributed by atoms with Gasteiger partial charge in [0.1, 0.15) is 0 Å². The molecule has 0 aliphatic rings. The molecular formula is C10H21N3O2. The maximum absolute atomic E-state index is 11.1. The Kier molecular flexibility index (Phi) is 7.62. The summed E-state index contributed by atoms with van der Waals surface area (Å²) in [6, 6.07) is 0. The molecule has 0 aromatic carbocycles. The Morgan fingerprint density at radius 3 is 2.40 bits per heavy atom. The van der Waals surface area contributed by atoms with Crippen molar-refractivity contribution in [1.29, 1.82) is 0 Å². The summed E-state index contributed by atoms with van der Waals surface area (Å²) in [5, 5.41) is 5.69. The van der Waals surface area contributed by atoms with E-state index < -0.39 is 0 Å². The van der Waals surface area contributed by atoms with Gasteiger partial charge in [0.15, 0.2) is 0 Å². The Morgan fingerprint density at radius 2 is 1.87 bits per heavy atom. The van der Waals surface area contributed by atoms with Gasteiger partial charge < -0.3 is 15.5 Å².